The predicted octanol–water partition coefficient (Wildman–Crippen LogP) is 4.41. The van der Waals surface area contributed by atoms with Crippen LogP contribution in [0, 0.1) is 5.92 Å². The minimum Gasteiger partial charge on any atom is -0.302 e. The molecule has 2 nitrogen and oxygen atoms in total. The third-order valence-corrected chi connectivity index (χ3v) is 5.71. The molecule has 0 bridgehead atoms. The molecule has 0 radical (unpaired) electrons. The van der Waals surface area contributed by atoms with Gasteiger partial charge in [0.2, 0.25) is 0 Å². The highest BCUT2D eigenvalue weighted by molar-refractivity contribution is 5.28. The van der Waals surface area contributed by atoms with Gasteiger partial charge >= 0.3 is 0 Å². The number of nitrogens with zero attached hydrogens (tertiary/aromatic N) is 2. The molecule has 2 heteroatoms. The molecule has 0 spiro atoms. The zero-order valence-electron chi connectivity index (χ0n) is 14.9. The van der Waals surface area contributed by atoms with E-state index in [1.54, 1.807) is 0 Å². The van der Waals surface area contributed by atoms with Crippen LogP contribution in [0.25, 0.3) is 0 Å². The number of hydrogen-bond acceptors (Lipinski definition) is 2. The summed E-state index contributed by atoms with van der Waals surface area (Å²) < 4.78 is 0. The van der Waals surface area contributed by atoms with Crippen LogP contribution in [0.4, 0.5) is 0 Å². The second kappa shape index (κ2) is 8.84. The lowest BCUT2D eigenvalue weighted by Gasteiger charge is -2.41. The van der Waals surface area contributed by atoms with Crippen molar-refractivity contribution in [3.05, 3.63) is 36.0 Å². The van der Waals surface area contributed by atoms with Crippen LogP contribution < -0.4 is 0 Å². The van der Waals surface area contributed by atoms with Crippen LogP contribution in [0.2, 0.25) is 0 Å². The smallest absolute Gasteiger partial charge is 0.0230 e. The molecule has 1 atom stereocenters. The first-order chi connectivity index (χ1) is 11.3. The number of rotatable bonds is 5. The monoisotopic (exact) mass is 314 g/mol. The summed E-state index contributed by atoms with van der Waals surface area (Å²) in [6.45, 7) is 5.02. The number of likely N-dealkylation sites (N-methyl/N-ethyl adjacent to an activating group) is 1. The van der Waals surface area contributed by atoms with Crippen molar-refractivity contribution in [2.24, 2.45) is 5.92 Å². The second-order valence-corrected chi connectivity index (χ2v) is 7.80. The number of hydrogen-bond donors (Lipinski definition) is 0. The molecule has 23 heavy (non-hydrogen) atoms. The Morgan fingerprint density at radius 3 is 2.83 bits per heavy atom. The van der Waals surface area contributed by atoms with Crippen molar-refractivity contribution < 1.29 is 0 Å². The standard InChI is InChI=1S/C21H34N2/c1-22(16-19-10-5-2-3-6-11-19)17-20-12-9-15-23(18-20)21-13-7-4-8-14-21/h2,5-6,10-11,20-21H,3-4,7-9,12-18H2,1H3. The molecule has 3 aliphatic rings. The molecule has 1 unspecified atom stereocenters. The van der Waals surface area contributed by atoms with Gasteiger partial charge in [-0.1, -0.05) is 49.6 Å². The van der Waals surface area contributed by atoms with Gasteiger partial charge in [-0.15, -0.1) is 0 Å². The van der Waals surface area contributed by atoms with Crippen molar-refractivity contribution in [2.75, 3.05) is 33.2 Å². The summed E-state index contributed by atoms with van der Waals surface area (Å²) >= 11 is 0. The average molecular weight is 315 g/mol. The molecule has 0 amide bonds. The summed E-state index contributed by atoms with van der Waals surface area (Å²) in [5, 5.41) is 0. The highest BCUT2D eigenvalue weighted by atomic mass is 15.2. The third kappa shape index (κ3) is 5.32. The van der Waals surface area contributed by atoms with E-state index in [9.17, 15) is 0 Å². The SMILES string of the molecule is CN(CC1=CC=CCC=C1)CC1CCCN(C2CCCCC2)C1. The van der Waals surface area contributed by atoms with E-state index in [1.807, 2.05) is 0 Å². The van der Waals surface area contributed by atoms with E-state index < -0.39 is 0 Å². The molecule has 1 saturated carbocycles. The molecule has 2 aliphatic carbocycles. The van der Waals surface area contributed by atoms with Gasteiger partial charge < -0.3 is 9.80 Å². The molecular weight excluding hydrogens is 280 g/mol. The fourth-order valence-electron chi connectivity index (χ4n) is 4.57. The van der Waals surface area contributed by atoms with Crippen molar-refractivity contribution in [1.82, 2.24) is 9.80 Å². The van der Waals surface area contributed by atoms with Crippen molar-refractivity contribution in [2.45, 2.75) is 57.4 Å². The summed E-state index contributed by atoms with van der Waals surface area (Å²) in [5.41, 5.74) is 1.45. The molecule has 0 N–H and O–H groups in total. The maximum Gasteiger partial charge on any atom is 0.0230 e. The van der Waals surface area contributed by atoms with Crippen molar-refractivity contribution in [1.29, 1.82) is 0 Å². The Kier molecular flexibility index (Phi) is 6.53. The number of likely N-dealkylation sites (tertiary alicyclic amines) is 1. The van der Waals surface area contributed by atoms with E-state index in [0.29, 0.717) is 0 Å². The van der Waals surface area contributed by atoms with Crippen LogP contribution in [0.5, 0.6) is 0 Å². The van der Waals surface area contributed by atoms with E-state index >= 15 is 0 Å². The van der Waals surface area contributed by atoms with Crippen molar-refractivity contribution in [3.8, 4) is 0 Å². The highest BCUT2D eigenvalue weighted by Crippen LogP contribution is 2.27. The Bertz CT molecular complexity index is 443. The Balaban J connectivity index is 1.46. The van der Waals surface area contributed by atoms with Gasteiger partial charge in [-0.25, -0.2) is 0 Å². The number of allylic oxidation sites excluding steroid dienone is 4. The average Bonchev–Trinajstić information content (AvgIpc) is 2.84. The lowest BCUT2D eigenvalue weighted by molar-refractivity contribution is 0.0861. The highest BCUT2D eigenvalue weighted by Gasteiger charge is 2.27. The minimum atomic E-state index is 0.863. The molecule has 0 aromatic rings. The Hall–Kier alpha value is -0.860. The largest absolute Gasteiger partial charge is 0.302 e. The van der Waals surface area contributed by atoms with Crippen LogP contribution in [0.3, 0.4) is 0 Å². The molecule has 128 valence electrons. The van der Waals surface area contributed by atoms with Gasteiger partial charge in [0.15, 0.2) is 0 Å². The molecule has 1 heterocycles. The lowest BCUT2D eigenvalue weighted by atomic mass is 9.90. The topological polar surface area (TPSA) is 6.48 Å². The Labute approximate surface area is 142 Å². The minimum absolute atomic E-state index is 0.863. The molecule has 1 aliphatic heterocycles. The van der Waals surface area contributed by atoms with E-state index in [-0.39, 0.29) is 0 Å². The van der Waals surface area contributed by atoms with Gasteiger partial charge in [0.1, 0.15) is 0 Å². The normalized spacial score (nSPS) is 27.2. The van der Waals surface area contributed by atoms with Crippen molar-refractivity contribution >= 4 is 0 Å². The summed E-state index contributed by atoms with van der Waals surface area (Å²) in [4.78, 5) is 5.36. The van der Waals surface area contributed by atoms with Crippen LogP contribution in [0.15, 0.2) is 36.0 Å². The van der Waals surface area contributed by atoms with Gasteiger partial charge in [0, 0.05) is 25.7 Å². The zero-order valence-corrected chi connectivity index (χ0v) is 14.9. The maximum absolute atomic E-state index is 2.83. The lowest BCUT2D eigenvalue weighted by Crippen LogP contribution is -2.46. The first kappa shape index (κ1) is 17.0. The first-order valence-corrected chi connectivity index (χ1v) is 9.76. The van der Waals surface area contributed by atoms with E-state index in [0.717, 1.165) is 24.9 Å². The summed E-state index contributed by atoms with van der Waals surface area (Å²) in [6.07, 6.45) is 22.5. The Morgan fingerprint density at radius 2 is 1.96 bits per heavy atom. The fraction of sp³-hybridized carbons (Fsp3) is 0.714. The fourth-order valence-corrected chi connectivity index (χ4v) is 4.57. The van der Waals surface area contributed by atoms with Gasteiger partial charge in [0.05, 0.1) is 0 Å². The van der Waals surface area contributed by atoms with Gasteiger partial charge in [-0.05, 0) is 57.2 Å². The second-order valence-electron chi connectivity index (χ2n) is 7.80. The molecule has 0 aromatic carbocycles. The molecule has 2 fully saturated rings. The van der Waals surface area contributed by atoms with Gasteiger partial charge in [-0.3, -0.25) is 0 Å². The zero-order chi connectivity index (χ0) is 15.9. The van der Waals surface area contributed by atoms with Gasteiger partial charge in [0.25, 0.3) is 0 Å². The molecule has 0 aromatic heterocycles. The summed E-state index contributed by atoms with van der Waals surface area (Å²) in [6, 6.07) is 0.898. The van der Waals surface area contributed by atoms with Crippen LogP contribution in [-0.4, -0.2) is 49.1 Å². The first-order valence-electron chi connectivity index (χ1n) is 9.76. The predicted molar refractivity (Wildman–Crippen MR) is 99.6 cm³/mol. The van der Waals surface area contributed by atoms with Gasteiger partial charge in [-0.2, -0.15) is 0 Å². The van der Waals surface area contributed by atoms with E-state index in [4.69, 9.17) is 0 Å². The summed E-state index contributed by atoms with van der Waals surface area (Å²) in [5.74, 6) is 0.863. The van der Waals surface area contributed by atoms with Crippen molar-refractivity contribution in [3.63, 3.8) is 0 Å². The number of piperidine rings is 1. The van der Waals surface area contributed by atoms with Crippen LogP contribution >= 0.6 is 0 Å². The summed E-state index contributed by atoms with van der Waals surface area (Å²) in [7, 11) is 2.29. The van der Waals surface area contributed by atoms with Crippen LogP contribution in [-0.2, 0) is 0 Å². The molecular formula is C21H34N2. The third-order valence-electron chi connectivity index (χ3n) is 5.71. The Morgan fingerprint density at radius 1 is 1.09 bits per heavy atom. The van der Waals surface area contributed by atoms with Crippen LogP contribution in [0.1, 0.15) is 51.4 Å². The molecule has 3 rings (SSSR count). The quantitative estimate of drug-likeness (QED) is 0.742. The molecule has 1 saturated heterocycles. The van der Waals surface area contributed by atoms with E-state index in [2.05, 4.69) is 47.2 Å². The maximum atomic E-state index is 2.83. The van der Waals surface area contributed by atoms with E-state index in [1.165, 1.54) is 70.2 Å².